The molecule has 0 amide bonds. The largest absolute Gasteiger partial charge is 0.493 e. The highest BCUT2D eigenvalue weighted by Crippen LogP contribution is 2.38. The Kier molecular flexibility index (Phi) is 7.99. The van der Waals surface area contributed by atoms with Crippen molar-refractivity contribution in [2.75, 3.05) is 38.9 Å². The van der Waals surface area contributed by atoms with E-state index in [2.05, 4.69) is 22.4 Å². The normalized spacial score (nSPS) is 10.5. The van der Waals surface area contributed by atoms with E-state index >= 15 is 0 Å². The smallest absolute Gasteiger partial charge is 0.206 e. The number of thioether (sulfide) groups is 1. The Morgan fingerprint density at radius 1 is 1.15 bits per heavy atom. The SMILES string of the molecule is CCCCNc1nnc(SCC(=O)c2cc(OC)c(OC)c(OC)c2)s1. The number of Topliss-reactive ketones (excluding diaryl/α,β-unsaturated/α-hetero) is 1. The lowest BCUT2D eigenvalue weighted by Gasteiger charge is -2.13. The summed E-state index contributed by atoms with van der Waals surface area (Å²) in [5, 5.41) is 12.2. The fourth-order valence-corrected chi connectivity index (χ4v) is 3.84. The van der Waals surface area contributed by atoms with E-state index in [1.807, 2.05) is 0 Å². The number of ketones is 1. The maximum atomic E-state index is 12.5. The summed E-state index contributed by atoms with van der Waals surface area (Å²) in [5.74, 6) is 1.58. The van der Waals surface area contributed by atoms with Crippen molar-refractivity contribution in [3.05, 3.63) is 17.7 Å². The van der Waals surface area contributed by atoms with Gasteiger partial charge in [0.05, 0.1) is 27.1 Å². The lowest BCUT2D eigenvalue weighted by molar-refractivity contribution is 0.102. The van der Waals surface area contributed by atoms with Crippen molar-refractivity contribution in [2.24, 2.45) is 0 Å². The molecule has 0 atom stereocenters. The summed E-state index contributed by atoms with van der Waals surface area (Å²) in [6, 6.07) is 3.31. The number of hydrogen-bond donors (Lipinski definition) is 1. The third kappa shape index (κ3) is 5.25. The molecule has 1 aromatic heterocycles. The van der Waals surface area contributed by atoms with Gasteiger partial charge in [0.25, 0.3) is 0 Å². The zero-order chi connectivity index (χ0) is 18.9. The highest BCUT2D eigenvalue weighted by Gasteiger charge is 2.17. The van der Waals surface area contributed by atoms with Crippen LogP contribution < -0.4 is 19.5 Å². The van der Waals surface area contributed by atoms with Crippen molar-refractivity contribution in [1.29, 1.82) is 0 Å². The molecule has 2 rings (SSSR count). The zero-order valence-corrected chi connectivity index (χ0v) is 17.0. The lowest BCUT2D eigenvalue weighted by atomic mass is 10.1. The molecule has 26 heavy (non-hydrogen) atoms. The summed E-state index contributed by atoms with van der Waals surface area (Å²) in [5.41, 5.74) is 0.498. The molecule has 0 aliphatic carbocycles. The minimum Gasteiger partial charge on any atom is -0.493 e. The quantitative estimate of drug-likeness (QED) is 0.349. The summed E-state index contributed by atoms with van der Waals surface area (Å²) in [6.07, 6.45) is 2.21. The predicted octanol–water partition coefficient (Wildman–Crippen LogP) is 3.75. The monoisotopic (exact) mass is 397 g/mol. The van der Waals surface area contributed by atoms with Gasteiger partial charge in [0.15, 0.2) is 21.6 Å². The number of carbonyl (C=O) groups excluding carboxylic acids is 1. The first-order chi connectivity index (χ1) is 12.6. The number of nitrogens with one attached hydrogen (secondary N) is 1. The van der Waals surface area contributed by atoms with Gasteiger partial charge in [0.1, 0.15) is 0 Å². The Bertz CT molecular complexity index is 712. The molecule has 1 heterocycles. The summed E-state index contributed by atoms with van der Waals surface area (Å²) in [6.45, 7) is 3.01. The molecule has 0 aliphatic heterocycles. The van der Waals surface area contributed by atoms with Crippen LogP contribution in [0.15, 0.2) is 16.5 Å². The molecule has 1 aromatic carbocycles. The van der Waals surface area contributed by atoms with Crippen molar-refractivity contribution >= 4 is 34.0 Å². The van der Waals surface area contributed by atoms with Gasteiger partial charge in [-0.05, 0) is 18.6 Å². The molecular weight excluding hydrogens is 374 g/mol. The third-order valence-corrected chi connectivity index (χ3v) is 5.54. The number of methoxy groups -OCH3 is 3. The summed E-state index contributed by atoms with van der Waals surface area (Å²) in [4.78, 5) is 12.5. The number of rotatable bonds is 11. The second kappa shape index (κ2) is 10.2. The molecule has 7 nitrogen and oxygen atoms in total. The first-order valence-electron chi connectivity index (χ1n) is 8.16. The van der Waals surface area contributed by atoms with E-state index in [0.717, 1.165) is 28.9 Å². The maximum Gasteiger partial charge on any atom is 0.206 e. The van der Waals surface area contributed by atoms with Crippen LogP contribution in [0.5, 0.6) is 17.2 Å². The van der Waals surface area contributed by atoms with E-state index < -0.39 is 0 Å². The molecule has 0 radical (unpaired) electrons. The van der Waals surface area contributed by atoms with Crippen molar-refractivity contribution in [1.82, 2.24) is 10.2 Å². The van der Waals surface area contributed by atoms with Gasteiger partial charge in [-0.1, -0.05) is 36.4 Å². The topological polar surface area (TPSA) is 82.6 Å². The first kappa shape index (κ1) is 20.3. The molecule has 1 N–H and O–H groups in total. The van der Waals surface area contributed by atoms with Gasteiger partial charge in [0, 0.05) is 12.1 Å². The maximum absolute atomic E-state index is 12.5. The summed E-state index contributed by atoms with van der Waals surface area (Å²) >= 11 is 2.81. The second-order valence-electron chi connectivity index (χ2n) is 5.28. The van der Waals surface area contributed by atoms with Gasteiger partial charge in [-0.3, -0.25) is 4.79 Å². The van der Waals surface area contributed by atoms with Crippen LogP contribution >= 0.6 is 23.1 Å². The van der Waals surface area contributed by atoms with Crippen LogP contribution in [0.1, 0.15) is 30.1 Å². The minimum absolute atomic E-state index is 0.0510. The van der Waals surface area contributed by atoms with Gasteiger partial charge in [-0.25, -0.2) is 0 Å². The van der Waals surface area contributed by atoms with Gasteiger partial charge in [0.2, 0.25) is 10.9 Å². The molecule has 0 saturated heterocycles. The van der Waals surface area contributed by atoms with E-state index in [9.17, 15) is 4.79 Å². The van der Waals surface area contributed by atoms with Crippen LogP contribution in [0.25, 0.3) is 0 Å². The number of hydrogen-bond acceptors (Lipinski definition) is 9. The van der Waals surface area contributed by atoms with Gasteiger partial charge >= 0.3 is 0 Å². The van der Waals surface area contributed by atoms with E-state index in [-0.39, 0.29) is 11.5 Å². The predicted molar refractivity (Wildman–Crippen MR) is 104 cm³/mol. The van der Waals surface area contributed by atoms with Crippen LogP contribution in [-0.2, 0) is 0 Å². The molecule has 142 valence electrons. The van der Waals surface area contributed by atoms with E-state index in [1.165, 1.54) is 44.4 Å². The molecule has 0 fully saturated rings. The van der Waals surface area contributed by atoms with Gasteiger partial charge in [-0.2, -0.15) is 0 Å². The molecule has 0 bridgehead atoms. The molecule has 0 saturated carbocycles. The third-order valence-electron chi connectivity index (χ3n) is 3.53. The second-order valence-corrected chi connectivity index (χ2v) is 7.48. The Morgan fingerprint density at radius 3 is 2.42 bits per heavy atom. The molecule has 0 aliphatic rings. The number of aromatic nitrogens is 2. The van der Waals surface area contributed by atoms with Crippen LogP contribution in [0.2, 0.25) is 0 Å². The molecule has 9 heteroatoms. The van der Waals surface area contributed by atoms with Crippen LogP contribution in [0, 0.1) is 0 Å². The van der Waals surface area contributed by atoms with Gasteiger partial charge in [-0.15, -0.1) is 10.2 Å². The van der Waals surface area contributed by atoms with E-state index in [1.54, 1.807) is 12.1 Å². The first-order valence-corrected chi connectivity index (χ1v) is 9.96. The fraction of sp³-hybridized carbons (Fsp3) is 0.471. The number of anilines is 1. The number of carbonyl (C=O) groups is 1. The highest BCUT2D eigenvalue weighted by molar-refractivity contribution is 8.01. The van der Waals surface area contributed by atoms with Gasteiger partial charge < -0.3 is 19.5 Å². The zero-order valence-electron chi connectivity index (χ0n) is 15.3. The van der Waals surface area contributed by atoms with E-state index in [4.69, 9.17) is 14.2 Å². The van der Waals surface area contributed by atoms with Crippen LogP contribution in [-0.4, -0.2) is 49.6 Å². The van der Waals surface area contributed by atoms with E-state index in [0.29, 0.717) is 22.8 Å². The minimum atomic E-state index is -0.0510. The number of benzene rings is 1. The number of nitrogens with zero attached hydrogens (tertiary/aromatic N) is 2. The number of ether oxygens (including phenoxy) is 3. The number of unbranched alkanes of at least 4 members (excludes halogenated alkanes) is 1. The molecule has 2 aromatic rings. The Morgan fingerprint density at radius 2 is 1.85 bits per heavy atom. The lowest BCUT2D eigenvalue weighted by Crippen LogP contribution is -2.05. The van der Waals surface area contributed by atoms with Crippen molar-refractivity contribution in [2.45, 2.75) is 24.1 Å². The Labute approximate surface area is 161 Å². The van der Waals surface area contributed by atoms with Crippen molar-refractivity contribution < 1.29 is 19.0 Å². The Hall–Kier alpha value is -2.00. The van der Waals surface area contributed by atoms with Crippen molar-refractivity contribution in [3.8, 4) is 17.2 Å². The summed E-state index contributed by atoms with van der Waals surface area (Å²) in [7, 11) is 4.57. The summed E-state index contributed by atoms with van der Waals surface area (Å²) < 4.78 is 16.6. The standard InChI is InChI=1S/C17H23N3O4S2/c1-5-6-7-18-16-19-20-17(26-16)25-10-12(21)11-8-13(22-2)15(24-4)14(9-11)23-3/h8-9H,5-7,10H2,1-4H3,(H,18,19). The Balaban J connectivity index is 2.01. The van der Waals surface area contributed by atoms with Crippen LogP contribution in [0.3, 0.4) is 0 Å². The van der Waals surface area contributed by atoms with Crippen LogP contribution in [0.4, 0.5) is 5.13 Å². The molecule has 0 spiro atoms. The molecule has 0 unspecified atom stereocenters. The highest BCUT2D eigenvalue weighted by atomic mass is 32.2. The van der Waals surface area contributed by atoms with Crippen molar-refractivity contribution in [3.63, 3.8) is 0 Å². The average molecular weight is 398 g/mol. The fourth-order valence-electron chi connectivity index (χ4n) is 2.16. The average Bonchev–Trinajstić information content (AvgIpc) is 3.12. The molecular formula is C17H23N3O4S2.